The number of hydrogen-bond donors (Lipinski definition) is 1. The van der Waals surface area contributed by atoms with Gasteiger partial charge in [-0.2, -0.15) is 5.26 Å². The number of carbonyl (C=O) groups excluding carboxylic acids is 1. The van der Waals surface area contributed by atoms with Crippen LogP contribution in [0.5, 0.6) is 0 Å². The van der Waals surface area contributed by atoms with Crippen LogP contribution in [0.3, 0.4) is 0 Å². The summed E-state index contributed by atoms with van der Waals surface area (Å²) in [6.07, 6.45) is 2.87. The maximum atomic E-state index is 13.5. The van der Waals surface area contributed by atoms with E-state index in [1.807, 2.05) is 12.1 Å². The number of nitrogens with one attached hydrogen (secondary N) is 1. The van der Waals surface area contributed by atoms with Gasteiger partial charge in [-0.15, -0.1) is 0 Å². The summed E-state index contributed by atoms with van der Waals surface area (Å²) in [6, 6.07) is 11.2. The van der Waals surface area contributed by atoms with E-state index in [1.165, 1.54) is 12.3 Å². The van der Waals surface area contributed by atoms with Crippen LogP contribution in [0.25, 0.3) is 11.1 Å². The second-order valence-electron chi connectivity index (χ2n) is 5.84. The van der Waals surface area contributed by atoms with Crippen molar-refractivity contribution in [2.45, 2.75) is 13.0 Å². The number of rotatable bonds is 4. The quantitative estimate of drug-likeness (QED) is 0.764. The van der Waals surface area contributed by atoms with Crippen molar-refractivity contribution in [1.29, 1.82) is 5.26 Å². The van der Waals surface area contributed by atoms with Crippen LogP contribution in [0, 0.1) is 23.0 Å². The molecule has 27 heavy (non-hydrogen) atoms. The Labute approximate surface area is 154 Å². The van der Waals surface area contributed by atoms with E-state index in [9.17, 15) is 18.8 Å². The van der Waals surface area contributed by atoms with E-state index >= 15 is 0 Å². The first-order valence-corrected chi connectivity index (χ1v) is 8.06. The number of halogens is 2. The molecule has 0 bridgehead atoms. The average molecular weight is 364 g/mol. The molecular weight excluding hydrogens is 350 g/mol. The first kappa shape index (κ1) is 18.1. The molecule has 2 aromatic heterocycles. The summed E-state index contributed by atoms with van der Waals surface area (Å²) in [7, 11) is 0. The van der Waals surface area contributed by atoms with Gasteiger partial charge in [0.05, 0.1) is 17.3 Å². The normalized spacial score (nSPS) is 11.5. The summed E-state index contributed by atoms with van der Waals surface area (Å²) in [6.45, 7) is 1.78. The maximum absolute atomic E-state index is 13.5. The van der Waals surface area contributed by atoms with Gasteiger partial charge in [0.2, 0.25) is 0 Å². The van der Waals surface area contributed by atoms with Crippen molar-refractivity contribution < 1.29 is 13.6 Å². The Morgan fingerprint density at radius 2 is 1.89 bits per heavy atom. The van der Waals surface area contributed by atoms with Gasteiger partial charge in [0.1, 0.15) is 23.4 Å². The number of benzene rings is 1. The predicted molar refractivity (Wildman–Crippen MR) is 94.4 cm³/mol. The van der Waals surface area contributed by atoms with Gasteiger partial charge in [-0.25, -0.2) is 13.8 Å². The monoisotopic (exact) mass is 364 g/mol. The van der Waals surface area contributed by atoms with E-state index < -0.39 is 17.5 Å². The Kier molecular flexibility index (Phi) is 5.18. The van der Waals surface area contributed by atoms with Gasteiger partial charge in [-0.05, 0) is 42.8 Å². The molecule has 7 heteroatoms. The molecule has 2 heterocycles. The molecule has 3 aromatic rings. The molecule has 0 unspecified atom stereocenters. The molecular formula is C20H14F2N4O. The molecule has 1 N–H and O–H groups in total. The van der Waals surface area contributed by atoms with Gasteiger partial charge in [0, 0.05) is 24.0 Å². The molecule has 0 radical (unpaired) electrons. The molecule has 134 valence electrons. The Bertz CT molecular complexity index is 1010. The average Bonchev–Trinajstić information content (AvgIpc) is 2.67. The predicted octanol–water partition coefficient (Wildman–Crippen LogP) is 3.78. The van der Waals surface area contributed by atoms with Crippen LogP contribution in [0.1, 0.15) is 34.7 Å². The third-order valence-corrected chi connectivity index (χ3v) is 3.91. The largest absolute Gasteiger partial charge is 0.344 e. The van der Waals surface area contributed by atoms with E-state index in [0.717, 1.165) is 18.2 Å². The van der Waals surface area contributed by atoms with Crippen molar-refractivity contribution in [3.63, 3.8) is 0 Å². The first-order chi connectivity index (χ1) is 13.0. The van der Waals surface area contributed by atoms with Crippen LogP contribution < -0.4 is 5.32 Å². The van der Waals surface area contributed by atoms with Crippen molar-refractivity contribution >= 4 is 5.91 Å². The smallest absolute Gasteiger partial charge is 0.253 e. The van der Waals surface area contributed by atoms with Crippen LogP contribution in [0.15, 0.2) is 54.9 Å². The molecule has 5 nitrogen and oxygen atoms in total. The SMILES string of the molecule is C[C@H](NC(=O)c1cnc(C#N)c(-c2cc(F)cc(F)c2)c1)c1ccccn1. The highest BCUT2D eigenvalue weighted by Crippen LogP contribution is 2.25. The van der Waals surface area contributed by atoms with Crippen molar-refractivity contribution in [3.8, 4) is 17.2 Å². The lowest BCUT2D eigenvalue weighted by atomic mass is 10.0. The molecule has 0 spiro atoms. The summed E-state index contributed by atoms with van der Waals surface area (Å²) in [4.78, 5) is 20.7. The molecule has 1 amide bonds. The highest BCUT2D eigenvalue weighted by molar-refractivity contribution is 5.95. The highest BCUT2D eigenvalue weighted by Gasteiger charge is 2.16. The Morgan fingerprint density at radius 3 is 2.52 bits per heavy atom. The molecule has 0 aliphatic heterocycles. The fourth-order valence-electron chi connectivity index (χ4n) is 2.59. The minimum atomic E-state index is -0.785. The zero-order valence-corrected chi connectivity index (χ0v) is 14.3. The number of pyridine rings is 2. The number of amides is 1. The van der Waals surface area contributed by atoms with E-state index in [-0.39, 0.29) is 28.4 Å². The lowest BCUT2D eigenvalue weighted by molar-refractivity contribution is 0.0939. The summed E-state index contributed by atoms with van der Waals surface area (Å²) in [5, 5.41) is 12.0. The van der Waals surface area contributed by atoms with Gasteiger partial charge in [-0.1, -0.05) is 6.07 Å². The fraction of sp³-hybridized carbons (Fsp3) is 0.100. The van der Waals surface area contributed by atoms with E-state index in [1.54, 1.807) is 25.3 Å². The van der Waals surface area contributed by atoms with Crippen LogP contribution in [0.4, 0.5) is 8.78 Å². The van der Waals surface area contributed by atoms with Crippen molar-refractivity contribution in [2.24, 2.45) is 0 Å². The zero-order valence-electron chi connectivity index (χ0n) is 14.3. The highest BCUT2D eigenvalue weighted by atomic mass is 19.1. The summed E-state index contributed by atoms with van der Waals surface area (Å²) in [5.74, 6) is -2.01. The van der Waals surface area contributed by atoms with E-state index in [2.05, 4.69) is 15.3 Å². The zero-order chi connectivity index (χ0) is 19.4. The van der Waals surface area contributed by atoms with Gasteiger partial charge in [0.25, 0.3) is 5.91 Å². The van der Waals surface area contributed by atoms with Gasteiger partial charge in [-0.3, -0.25) is 9.78 Å². The summed E-state index contributed by atoms with van der Waals surface area (Å²) in [5.41, 5.74) is 1.11. The second kappa shape index (κ2) is 7.70. The third kappa shape index (κ3) is 4.12. The number of nitrogens with zero attached hydrogens (tertiary/aromatic N) is 3. The Morgan fingerprint density at radius 1 is 1.15 bits per heavy atom. The Hall–Kier alpha value is -3.66. The van der Waals surface area contributed by atoms with Gasteiger partial charge < -0.3 is 5.32 Å². The van der Waals surface area contributed by atoms with E-state index in [4.69, 9.17) is 0 Å². The van der Waals surface area contributed by atoms with Gasteiger partial charge in [0.15, 0.2) is 0 Å². The number of carbonyl (C=O) groups is 1. The summed E-state index contributed by atoms with van der Waals surface area (Å²) < 4.78 is 27.1. The van der Waals surface area contributed by atoms with Crippen molar-refractivity contribution in [3.05, 3.63) is 83.4 Å². The van der Waals surface area contributed by atoms with Crippen molar-refractivity contribution in [2.75, 3.05) is 0 Å². The molecule has 0 saturated carbocycles. The van der Waals surface area contributed by atoms with E-state index in [0.29, 0.717) is 5.69 Å². The van der Waals surface area contributed by atoms with Crippen LogP contribution in [-0.4, -0.2) is 15.9 Å². The molecule has 0 saturated heterocycles. The second-order valence-corrected chi connectivity index (χ2v) is 5.84. The molecule has 1 atom stereocenters. The maximum Gasteiger partial charge on any atom is 0.253 e. The fourth-order valence-corrected chi connectivity index (χ4v) is 2.59. The lowest BCUT2D eigenvalue weighted by Gasteiger charge is -2.14. The van der Waals surface area contributed by atoms with Crippen LogP contribution in [0.2, 0.25) is 0 Å². The third-order valence-electron chi connectivity index (χ3n) is 3.91. The molecule has 0 fully saturated rings. The van der Waals surface area contributed by atoms with Gasteiger partial charge >= 0.3 is 0 Å². The molecule has 3 rings (SSSR count). The molecule has 0 aliphatic carbocycles. The van der Waals surface area contributed by atoms with Crippen LogP contribution >= 0.6 is 0 Å². The number of nitriles is 1. The van der Waals surface area contributed by atoms with Crippen molar-refractivity contribution in [1.82, 2.24) is 15.3 Å². The minimum absolute atomic E-state index is 0.0330. The minimum Gasteiger partial charge on any atom is -0.344 e. The number of aromatic nitrogens is 2. The first-order valence-electron chi connectivity index (χ1n) is 8.06. The Balaban J connectivity index is 1.93. The standard InChI is InChI=1S/C20H14F2N4O/c1-12(18-4-2-3-5-24-18)26-20(27)14-8-17(19(10-23)25-11-14)13-6-15(21)9-16(22)7-13/h2-9,11-12H,1H3,(H,26,27)/t12-/m0/s1. The number of hydrogen-bond acceptors (Lipinski definition) is 4. The lowest BCUT2D eigenvalue weighted by Crippen LogP contribution is -2.27. The molecule has 0 aliphatic rings. The summed E-state index contributed by atoms with van der Waals surface area (Å²) >= 11 is 0. The van der Waals surface area contributed by atoms with Crippen LogP contribution in [-0.2, 0) is 0 Å². The molecule has 1 aromatic carbocycles. The topological polar surface area (TPSA) is 78.7 Å².